The molecule has 2 nitrogen and oxygen atoms in total. The van der Waals surface area contributed by atoms with Crippen LogP contribution < -0.4 is 5.73 Å². The molecule has 2 N–H and O–H groups in total. The van der Waals surface area contributed by atoms with Crippen molar-refractivity contribution in [1.82, 2.24) is 4.98 Å². The van der Waals surface area contributed by atoms with Crippen molar-refractivity contribution in [1.29, 1.82) is 0 Å². The maximum absolute atomic E-state index is 13.1. The second-order valence-corrected chi connectivity index (χ2v) is 5.20. The maximum atomic E-state index is 13.1. The predicted octanol–water partition coefficient (Wildman–Crippen LogP) is 3.99. The molecule has 18 heavy (non-hydrogen) atoms. The Bertz CT molecular complexity index is 734. The van der Waals surface area contributed by atoms with Gasteiger partial charge in [-0.15, -0.1) is 11.3 Å². The Balaban J connectivity index is 2.22. The van der Waals surface area contributed by atoms with Crippen LogP contribution in [0.25, 0.3) is 20.8 Å². The first kappa shape index (κ1) is 11.2. The molecule has 0 bridgehead atoms. The minimum atomic E-state index is -0.241. The van der Waals surface area contributed by atoms with Crippen molar-refractivity contribution in [2.45, 2.75) is 6.92 Å². The average Bonchev–Trinajstić information content (AvgIpc) is 2.75. The first-order valence-electron chi connectivity index (χ1n) is 5.57. The Morgan fingerprint density at radius 3 is 2.89 bits per heavy atom. The van der Waals surface area contributed by atoms with Crippen molar-refractivity contribution in [3.63, 3.8) is 0 Å². The lowest BCUT2D eigenvalue weighted by Gasteiger charge is -2.04. The topological polar surface area (TPSA) is 38.9 Å². The van der Waals surface area contributed by atoms with Gasteiger partial charge in [-0.3, -0.25) is 0 Å². The summed E-state index contributed by atoms with van der Waals surface area (Å²) in [5, 5.41) is 0.830. The molecular formula is C14H11FN2S. The summed E-state index contributed by atoms with van der Waals surface area (Å²) in [5.74, 6) is -0.241. The van der Waals surface area contributed by atoms with Gasteiger partial charge in [0.1, 0.15) is 10.8 Å². The molecule has 0 aliphatic carbocycles. The number of nitrogen functional groups attached to an aromatic ring is 1. The SMILES string of the molecule is Cc1cccc(-c2nc3ccc(F)cc3s2)c1N. The summed E-state index contributed by atoms with van der Waals surface area (Å²) in [4.78, 5) is 4.50. The summed E-state index contributed by atoms with van der Waals surface area (Å²) in [6.07, 6.45) is 0. The number of aryl methyl sites for hydroxylation is 1. The van der Waals surface area contributed by atoms with Gasteiger partial charge in [-0.2, -0.15) is 0 Å². The van der Waals surface area contributed by atoms with Gasteiger partial charge in [0.05, 0.1) is 10.2 Å². The van der Waals surface area contributed by atoms with Crippen LogP contribution in [0.5, 0.6) is 0 Å². The van der Waals surface area contributed by atoms with Gasteiger partial charge in [-0.1, -0.05) is 12.1 Å². The number of para-hydroxylation sites is 1. The first-order chi connectivity index (χ1) is 8.65. The van der Waals surface area contributed by atoms with E-state index in [0.29, 0.717) is 0 Å². The van der Waals surface area contributed by atoms with Crippen LogP contribution in [-0.4, -0.2) is 4.98 Å². The minimum absolute atomic E-state index is 0.241. The van der Waals surface area contributed by atoms with E-state index in [9.17, 15) is 4.39 Å². The van der Waals surface area contributed by atoms with Crippen molar-refractivity contribution in [3.8, 4) is 10.6 Å². The van der Waals surface area contributed by atoms with Crippen LogP contribution in [0.2, 0.25) is 0 Å². The number of fused-ring (bicyclic) bond motifs is 1. The average molecular weight is 258 g/mol. The van der Waals surface area contributed by atoms with E-state index in [4.69, 9.17) is 5.73 Å². The summed E-state index contributed by atoms with van der Waals surface area (Å²) in [7, 11) is 0. The number of aromatic nitrogens is 1. The molecule has 1 heterocycles. The molecule has 2 aromatic carbocycles. The third kappa shape index (κ3) is 1.75. The molecule has 0 atom stereocenters. The van der Waals surface area contributed by atoms with Crippen LogP contribution in [-0.2, 0) is 0 Å². The first-order valence-corrected chi connectivity index (χ1v) is 6.38. The van der Waals surface area contributed by atoms with Crippen LogP contribution >= 0.6 is 11.3 Å². The van der Waals surface area contributed by atoms with Crippen molar-refractivity contribution in [3.05, 3.63) is 47.8 Å². The van der Waals surface area contributed by atoms with E-state index in [-0.39, 0.29) is 5.82 Å². The van der Waals surface area contributed by atoms with Gasteiger partial charge in [-0.05, 0) is 36.8 Å². The number of nitrogens with zero attached hydrogens (tertiary/aromatic N) is 1. The number of anilines is 1. The largest absolute Gasteiger partial charge is 0.398 e. The molecule has 0 unspecified atom stereocenters. The molecule has 0 spiro atoms. The highest BCUT2D eigenvalue weighted by atomic mass is 32.1. The summed E-state index contributed by atoms with van der Waals surface area (Å²) in [5.41, 5.74) is 9.53. The molecule has 3 aromatic rings. The smallest absolute Gasteiger partial charge is 0.126 e. The molecule has 0 saturated heterocycles. The number of halogens is 1. The normalized spacial score (nSPS) is 11.0. The highest BCUT2D eigenvalue weighted by Crippen LogP contribution is 2.34. The highest BCUT2D eigenvalue weighted by molar-refractivity contribution is 7.21. The molecule has 1 aromatic heterocycles. The molecular weight excluding hydrogens is 247 g/mol. The Kier molecular flexibility index (Phi) is 2.52. The number of hydrogen-bond acceptors (Lipinski definition) is 3. The molecule has 4 heteroatoms. The molecule has 0 amide bonds. The Labute approximate surface area is 108 Å². The second-order valence-electron chi connectivity index (χ2n) is 4.17. The van der Waals surface area contributed by atoms with E-state index >= 15 is 0 Å². The molecule has 3 rings (SSSR count). The lowest BCUT2D eigenvalue weighted by Crippen LogP contribution is -1.92. The predicted molar refractivity (Wildman–Crippen MR) is 74.2 cm³/mol. The van der Waals surface area contributed by atoms with Gasteiger partial charge in [0.25, 0.3) is 0 Å². The standard InChI is InChI=1S/C14H11FN2S/c1-8-3-2-4-10(13(8)16)14-17-11-6-5-9(15)7-12(11)18-14/h2-7H,16H2,1H3. The Hall–Kier alpha value is -1.94. The lowest BCUT2D eigenvalue weighted by atomic mass is 10.1. The van der Waals surface area contributed by atoms with Crippen LogP contribution in [0, 0.1) is 12.7 Å². The molecule has 0 aliphatic rings. The molecule has 0 aliphatic heterocycles. The van der Waals surface area contributed by atoms with E-state index in [1.165, 1.54) is 23.5 Å². The summed E-state index contributed by atoms with van der Waals surface area (Å²) < 4.78 is 14.0. The fraction of sp³-hybridized carbons (Fsp3) is 0.0714. The van der Waals surface area contributed by atoms with Crippen molar-refractivity contribution in [2.75, 3.05) is 5.73 Å². The maximum Gasteiger partial charge on any atom is 0.126 e. The van der Waals surface area contributed by atoms with Gasteiger partial charge in [0.15, 0.2) is 0 Å². The Morgan fingerprint density at radius 2 is 2.06 bits per heavy atom. The van der Waals surface area contributed by atoms with Crippen molar-refractivity contribution >= 4 is 27.2 Å². The lowest BCUT2D eigenvalue weighted by molar-refractivity contribution is 0.630. The van der Waals surface area contributed by atoms with Gasteiger partial charge in [0.2, 0.25) is 0 Å². The third-order valence-corrected chi connectivity index (χ3v) is 3.96. The number of thiazole rings is 1. The second kappa shape index (κ2) is 4.07. The molecule has 0 saturated carbocycles. The highest BCUT2D eigenvalue weighted by Gasteiger charge is 2.10. The summed E-state index contributed by atoms with van der Waals surface area (Å²) >= 11 is 1.46. The fourth-order valence-electron chi connectivity index (χ4n) is 1.88. The molecule has 0 radical (unpaired) electrons. The minimum Gasteiger partial charge on any atom is -0.398 e. The van der Waals surface area contributed by atoms with E-state index in [0.717, 1.165) is 32.0 Å². The summed E-state index contributed by atoms with van der Waals surface area (Å²) in [6, 6.07) is 10.5. The summed E-state index contributed by atoms with van der Waals surface area (Å²) in [6.45, 7) is 1.96. The number of hydrogen-bond donors (Lipinski definition) is 1. The number of nitrogens with two attached hydrogens (primary N) is 1. The van der Waals surface area contributed by atoms with Crippen molar-refractivity contribution < 1.29 is 4.39 Å². The van der Waals surface area contributed by atoms with Crippen molar-refractivity contribution in [2.24, 2.45) is 0 Å². The zero-order valence-electron chi connectivity index (χ0n) is 9.77. The van der Waals surface area contributed by atoms with Crippen LogP contribution in [0.15, 0.2) is 36.4 Å². The Morgan fingerprint density at radius 1 is 1.22 bits per heavy atom. The monoisotopic (exact) mass is 258 g/mol. The molecule has 0 fully saturated rings. The van der Waals surface area contributed by atoms with Gasteiger partial charge in [-0.25, -0.2) is 9.37 Å². The van der Waals surface area contributed by atoms with Gasteiger partial charge < -0.3 is 5.73 Å². The quantitative estimate of drug-likeness (QED) is 0.670. The van der Waals surface area contributed by atoms with Crippen LogP contribution in [0.3, 0.4) is 0 Å². The van der Waals surface area contributed by atoms with Gasteiger partial charge >= 0.3 is 0 Å². The number of rotatable bonds is 1. The third-order valence-electron chi connectivity index (χ3n) is 2.91. The van der Waals surface area contributed by atoms with Gasteiger partial charge in [0, 0.05) is 11.3 Å². The van der Waals surface area contributed by atoms with Crippen LogP contribution in [0.4, 0.5) is 10.1 Å². The van der Waals surface area contributed by atoms with E-state index < -0.39 is 0 Å². The zero-order chi connectivity index (χ0) is 12.7. The van der Waals surface area contributed by atoms with E-state index in [2.05, 4.69) is 4.98 Å². The van der Waals surface area contributed by atoms with E-state index in [1.54, 1.807) is 6.07 Å². The number of benzene rings is 2. The fourth-order valence-corrected chi connectivity index (χ4v) is 2.91. The molecule has 90 valence electrons. The zero-order valence-corrected chi connectivity index (χ0v) is 10.6. The van der Waals surface area contributed by atoms with E-state index in [1.807, 2.05) is 25.1 Å². The van der Waals surface area contributed by atoms with Crippen LogP contribution in [0.1, 0.15) is 5.56 Å².